The maximum absolute atomic E-state index is 13.8. The molecule has 0 spiro atoms. The minimum atomic E-state index is -5.08. The standard InChI is InChI=1S/C61H73N9O6.C2HF3O2/c62-37-13-10-22-52(68-55(71)40-43-16-4-1-5-17-43)59(74)65-49-31-25-46(26-32-49)58(47-27-33-50(34-28-47)66-60(75)53(23-11-14-38-63)69-56(72)41-44-18-6-2-7-19-44)48-29-35-51(36-30-48)67-61(76)54(24-12-15-39-64)70-57(73)42-45-20-8-3-9-21-45;3-2(4,5)1(6)7/h1-9,16-21,25-36,52-54,58H,10-15,22-24,37-42,62-64H2,(H,65,74)(H,66,75)(H,67,76)(H,68,71)(H,69,72)(H,70,73);(H,6,7)/t52-,53-,54-;/m1./s1. The molecule has 6 rings (SSSR count). The number of alkyl halides is 3. The number of aliphatic carboxylic acids is 1. The first-order valence-electron chi connectivity index (χ1n) is 27.6. The third-order valence-corrected chi connectivity index (χ3v) is 13.2. The number of carbonyl (C=O) groups is 7. The molecule has 0 aliphatic rings. The summed E-state index contributed by atoms with van der Waals surface area (Å²) in [5.74, 6) is -4.90. The van der Waals surface area contributed by atoms with Gasteiger partial charge in [0.25, 0.3) is 0 Å². The first-order chi connectivity index (χ1) is 40.0. The molecule has 440 valence electrons. The zero-order valence-electron chi connectivity index (χ0n) is 46.2. The van der Waals surface area contributed by atoms with Crippen molar-refractivity contribution < 1.29 is 51.8 Å². The summed E-state index contributed by atoms with van der Waals surface area (Å²) in [6, 6.07) is 48.2. The van der Waals surface area contributed by atoms with E-state index in [-0.39, 0.29) is 60.6 Å². The minimum absolute atomic E-state index is 0.143. The molecule has 0 aromatic heterocycles. The van der Waals surface area contributed by atoms with Crippen LogP contribution in [0.25, 0.3) is 0 Å². The van der Waals surface area contributed by atoms with E-state index >= 15 is 0 Å². The van der Waals surface area contributed by atoms with E-state index in [0.717, 1.165) is 33.4 Å². The van der Waals surface area contributed by atoms with Crippen LogP contribution in [-0.2, 0) is 52.8 Å². The second-order valence-corrected chi connectivity index (χ2v) is 19.8. The molecular weight excluding hydrogens is 1070 g/mol. The van der Waals surface area contributed by atoms with Gasteiger partial charge in [-0.05, 0) is 147 Å². The van der Waals surface area contributed by atoms with Crippen LogP contribution in [-0.4, -0.2) is 90.5 Å². The van der Waals surface area contributed by atoms with Gasteiger partial charge in [0.05, 0.1) is 19.3 Å². The monoisotopic (exact) mass is 1140 g/mol. The van der Waals surface area contributed by atoms with Gasteiger partial charge >= 0.3 is 12.1 Å². The predicted molar refractivity (Wildman–Crippen MR) is 315 cm³/mol. The number of benzene rings is 6. The first-order valence-corrected chi connectivity index (χ1v) is 27.6. The van der Waals surface area contributed by atoms with E-state index in [1.807, 2.05) is 164 Å². The largest absolute Gasteiger partial charge is 0.490 e. The fraction of sp³-hybridized carbons (Fsp3) is 0.317. The third-order valence-electron chi connectivity index (χ3n) is 13.2. The van der Waals surface area contributed by atoms with E-state index < -0.39 is 30.3 Å². The van der Waals surface area contributed by atoms with Crippen LogP contribution in [0.15, 0.2) is 164 Å². The van der Waals surface area contributed by atoms with Gasteiger partial charge in [-0.1, -0.05) is 127 Å². The van der Waals surface area contributed by atoms with Gasteiger partial charge < -0.3 is 54.2 Å². The molecular formula is C63H74F3N9O8. The number of hydrogen-bond acceptors (Lipinski definition) is 10. The second-order valence-electron chi connectivity index (χ2n) is 19.8. The van der Waals surface area contributed by atoms with Crippen LogP contribution in [0.4, 0.5) is 30.2 Å². The van der Waals surface area contributed by atoms with Crippen molar-refractivity contribution in [3.63, 3.8) is 0 Å². The van der Waals surface area contributed by atoms with E-state index in [9.17, 15) is 41.9 Å². The molecule has 0 fully saturated rings. The summed E-state index contributed by atoms with van der Waals surface area (Å²) in [7, 11) is 0. The van der Waals surface area contributed by atoms with Crippen molar-refractivity contribution in [3.8, 4) is 0 Å². The summed E-state index contributed by atoms with van der Waals surface area (Å²) < 4.78 is 31.7. The second kappa shape index (κ2) is 34.5. The Labute approximate surface area is 481 Å². The number of amides is 6. The Balaban J connectivity index is 0.00000169. The van der Waals surface area contributed by atoms with Gasteiger partial charge in [0.15, 0.2) is 0 Å². The molecule has 0 unspecified atom stereocenters. The summed E-state index contributed by atoms with van der Waals surface area (Å²) in [4.78, 5) is 89.5. The number of nitrogens with one attached hydrogen (secondary N) is 6. The van der Waals surface area contributed by atoms with Crippen LogP contribution in [0.2, 0.25) is 0 Å². The lowest BCUT2D eigenvalue weighted by atomic mass is 9.85. The number of rotatable bonds is 30. The summed E-state index contributed by atoms with van der Waals surface area (Å²) in [6.45, 7) is 1.42. The molecule has 0 heterocycles. The zero-order valence-corrected chi connectivity index (χ0v) is 46.2. The van der Waals surface area contributed by atoms with Crippen LogP contribution in [0.1, 0.15) is 97.1 Å². The summed E-state index contributed by atoms with van der Waals surface area (Å²) >= 11 is 0. The smallest absolute Gasteiger partial charge is 0.475 e. The number of hydrogen-bond donors (Lipinski definition) is 10. The molecule has 0 saturated heterocycles. The number of anilines is 3. The predicted octanol–water partition coefficient (Wildman–Crippen LogP) is 7.89. The minimum Gasteiger partial charge on any atom is -0.475 e. The highest BCUT2D eigenvalue weighted by Gasteiger charge is 2.38. The third kappa shape index (κ3) is 23.3. The van der Waals surface area contributed by atoms with Crippen molar-refractivity contribution in [1.29, 1.82) is 0 Å². The van der Waals surface area contributed by atoms with E-state index in [1.54, 1.807) is 0 Å². The number of carboxylic acids is 1. The van der Waals surface area contributed by atoms with Crippen molar-refractivity contribution in [1.82, 2.24) is 16.0 Å². The Kier molecular flexibility index (Phi) is 27.1. The normalized spacial score (nSPS) is 12.1. The summed E-state index contributed by atoms with van der Waals surface area (Å²) in [5.41, 5.74) is 24.1. The Morgan fingerprint density at radius 2 is 0.627 bits per heavy atom. The van der Waals surface area contributed by atoms with Crippen molar-refractivity contribution in [2.45, 2.75) is 107 Å². The van der Waals surface area contributed by atoms with Crippen LogP contribution in [0, 0.1) is 0 Å². The van der Waals surface area contributed by atoms with Gasteiger partial charge in [0.2, 0.25) is 35.4 Å². The van der Waals surface area contributed by atoms with Crippen molar-refractivity contribution in [3.05, 3.63) is 197 Å². The van der Waals surface area contributed by atoms with Crippen LogP contribution < -0.4 is 49.1 Å². The first kappa shape index (κ1) is 65.1. The molecule has 17 nitrogen and oxygen atoms in total. The fourth-order valence-electron chi connectivity index (χ4n) is 8.91. The molecule has 0 saturated carbocycles. The highest BCUT2D eigenvalue weighted by molar-refractivity contribution is 5.99. The number of unbranched alkanes of at least 4 members (excludes halogenated alkanes) is 3. The molecule has 6 aromatic carbocycles. The Hall–Kier alpha value is -8.72. The van der Waals surface area contributed by atoms with Gasteiger partial charge in [0, 0.05) is 23.0 Å². The van der Waals surface area contributed by atoms with Gasteiger partial charge in [-0.15, -0.1) is 0 Å². The Bertz CT molecular complexity index is 2670. The maximum atomic E-state index is 13.8. The highest BCUT2D eigenvalue weighted by Crippen LogP contribution is 2.34. The average molecular weight is 1140 g/mol. The molecule has 0 aliphatic heterocycles. The number of carbonyl (C=O) groups excluding carboxylic acids is 6. The molecule has 0 radical (unpaired) electrons. The Morgan fingerprint density at radius 3 is 0.843 bits per heavy atom. The molecule has 13 N–H and O–H groups in total. The molecule has 0 aliphatic carbocycles. The maximum Gasteiger partial charge on any atom is 0.490 e. The lowest BCUT2D eigenvalue weighted by Crippen LogP contribution is -2.44. The van der Waals surface area contributed by atoms with Crippen LogP contribution in [0.3, 0.4) is 0 Å². The van der Waals surface area contributed by atoms with E-state index in [4.69, 9.17) is 27.1 Å². The number of nitrogens with two attached hydrogens (primary N) is 3. The van der Waals surface area contributed by atoms with Gasteiger partial charge in [0.1, 0.15) is 18.1 Å². The quantitative estimate of drug-likeness (QED) is 0.0153. The number of carboxylic acid groups (broad SMARTS) is 1. The molecule has 0 bridgehead atoms. The van der Waals surface area contributed by atoms with Crippen molar-refractivity contribution in [2.24, 2.45) is 17.2 Å². The summed E-state index contributed by atoms with van der Waals surface area (Å²) in [5, 5.41) is 24.9. The van der Waals surface area contributed by atoms with E-state index in [1.165, 1.54) is 0 Å². The molecule has 83 heavy (non-hydrogen) atoms. The highest BCUT2D eigenvalue weighted by atomic mass is 19.4. The van der Waals surface area contributed by atoms with Crippen LogP contribution >= 0.6 is 0 Å². The van der Waals surface area contributed by atoms with E-state index in [0.29, 0.717) is 94.5 Å². The lowest BCUT2D eigenvalue weighted by Gasteiger charge is -2.22. The number of halogens is 3. The van der Waals surface area contributed by atoms with Gasteiger partial charge in [-0.2, -0.15) is 13.2 Å². The SMILES string of the molecule is NCCCC[C@@H](NC(=O)Cc1ccccc1)C(=O)Nc1ccc(C(c2ccc(NC(=O)[C@@H](CCCCN)NC(=O)Cc3ccccc3)cc2)c2ccc(NC(=O)[C@@H](CCCCN)NC(=O)Cc3ccccc3)cc2)cc1.O=C(O)C(F)(F)F. The van der Waals surface area contributed by atoms with Crippen molar-refractivity contribution in [2.75, 3.05) is 35.6 Å². The molecule has 3 atom stereocenters. The molecule has 20 heteroatoms. The average Bonchev–Trinajstić information content (AvgIpc) is 3.48. The topological polar surface area (TPSA) is 290 Å². The van der Waals surface area contributed by atoms with Gasteiger partial charge in [-0.25, -0.2) is 4.79 Å². The molecule has 6 amide bonds. The van der Waals surface area contributed by atoms with Gasteiger partial charge in [-0.3, -0.25) is 28.8 Å². The van der Waals surface area contributed by atoms with Crippen LogP contribution in [0.5, 0.6) is 0 Å². The van der Waals surface area contributed by atoms with E-state index in [2.05, 4.69) is 31.9 Å². The lowest BCUT2D eigenvalue weighted by molar-refractivity contribution is -0.192. The zero-order chi connectivity index (χ0) is 60.0. The van der Waals surface area contributed by atoms with Crippen molar-refractivity contribution >= 4 is 58.5 Å². The molecule has 6 aromatic rings. The fourth-order valence-corrected chi connectivity index (χ4v) is 8.91. The Morgan fingerprint density at radius 1 is 0.386 bits per heavy atom. The summed E-state index contributed by atoms with van der Waals surface area (Å²) in [6.07, 6.45) is 0.725.